The molecule has 0 bridgehead atoms. The average Bonchev–Trinajstić information content (AvgIpc) is 2.36. The summed E-state index contributed by atoms with van der Waals surface area (Å²) in [5.41, 5.74) is 2.34. The van der Waals surface area contributed by atoms with Crippen molar-refractivity contribution in [2.24, 2.45) is 0 Å². The van der Waals surface area contributed by atoms with Crippen LogP contribution in [0.3, 0.4) is 0 Å². The van der Waals surface area contributed by atoms with Crippen LogP contribution in [0.2, 0.25) is 0 Å². The van der Waals surface area contributed by atoms with Crippen LogP contribution in [-0.4, -0.2) is 26.8 Å². The van der Waals surface area contributed by atoms with Gasteiger partial charge in [-0.15, -0.1) is 0 Å². The highest BCUT2D eigenvalue weighted by atomic mass is 16.5. The lowest BCUT2D eigenvalue weighted by atomic mass is 10.1. The number of rotatable bonds is 6. The van der Waals surface area contributed by atoms with Crippen LogP contribution in [0.5, 0.6) is 11.5 Å². The van der Waals surface area contributed by atoms with Gasteiger partial charge in [-0.05, 0) is 19.1 Å². The Kier molecular flexibility index (Phi) is 5.72. The van der Waals surface area contributed by atoms with Crippen LogP contribution >= 0.6 is 0 Å². The molecule has 0 atom stereocenters. The Morgan fingerprint density at radius 1 is 1.28 bits per heavy atom. The van der Waals surface area contributed by atoms with Crippen LogP contribution in [0, 0.1) is 0 Å². The predicted molar refractivity (Wildman–Crippen MR) is 76.3 cm³/mol. The maximum atomic E-state index is 5.37. The molecule has 1 aromatic rings. The maximum absolute atomic E-state index is 5.37. The molecule has 0 saturated carbocycles. The normalized spacial score (nSPS) is 11.8. The van der Waals surface area contributed by atoms with Gasteiger partial charge < -0.3 is 14.8 Å². The fourth-order valence-corrected chi connectivity index (χ4v) is 1.62. The van der Waals surface area contributed by atoms with Gasteiger partial charge in [-0.1, -0.05) is 25.5 Å². The second-order valence-corrected chi connectivity index (χ2v) is 4.63. The zero-order valence-electron chi connectivity index (χ0n) is 11.9. The largest absolute Gasteiger partial charge is 0.497 e. The molecule has 0 amide bonds. The van der Waals surface area contributed by atoms with Gasteiger partial charge in [0.05, 0.1) is 14.2 Å². The van der Waals surface area contributed by atoms with Crippen LogP contribution in [-0.2, 0) is 0 Å². The summed E-state index contributed by atoms with van der Waals surface area (Å²) >= 11 is 0. The van der Waals surface area contributed by atoms with E-state index in [-0.39, 0.29) is 0 Å². The predicted octanol–water partition coefficient (Wildman–Crippen LogP) is 3.11. The average molecular weight is 249 g/mol. The van der Waals surface area contributed by atoms with Gasteiger partial charge in [-0.3, -0.25) is 0 Å². The van der Waals surface area contributed by atoms with Crippen molar-refractivity contribution in [3.05, 3.63) is 29.3 Å². The van der Waals surface area contributed by atoms with Crippen molar-refractivity contribution < 1.29 is 9.47 Å². The van der Waals surface area contributed by atoms with E-state index in [4.69, 9.17) is 9.47 Å². The summed E-state index contributed by atoms with van der Waals surface area (Å²) in [7, 11) is 3.33. The van der Waals surface area contributed by atoms with Gasteiger partial charge in [0.15, 0.2) is 0 Å². The molecule has 0 radical (unpaired) electrons. The fraction of sp³-hybridized carbons (Fsp3) is 0.467. The minimum atomic E-state index is 0.492. The molecule has 0 aliphatic carbocycles. The summed E-state index contributed by atoms with van der Waals surface area (Å²) in [4.78, 5) is 0. The lowest BCUT2D eigenvalue weighted by Crippen LogP contribution is -2.24. The first-order valence-corrected chi connectivity index (χ1v) is 6.19. The molecule has 0 aliphatic rings. The Hall–Kier alpha value is -1.48. The van der Waals surface area contributed by atoms with Crippen LogP contribution in [0.1, 0.15) is 26.3 Å². The first-order valence-electron chi connectivity index (χ1n) is 6.19. The molecule has 1 aromatic carbocycles. The number of benzene rings is 1. The van der Waals surface area contributed by atoms with Crippen molar-refractivity contribution in [3.63, 3.8) is 0 Å². The third-order valence-corrected chi connectivity index (χ3v) is 2.63. The molecule has 0 unspecified atom stereocenters. The molecule has 0 aromatic heterocycles. The minimum absolute atomic E-state index is 0.492. The molecule has 0 saturated heterocycles. The van der Waals surface area contributed by atoms with Crippen LogP contribution < -0.4 is 14.8 Å². The van der Waals surface area contributed by atoms with Crippen molar-refractivity contribution in [1.29, 1.82) is 0 Å². The zero-order valence-corrected chi connectivity index (χ0v) is 11.9. The van der Waals surface area contributed by atoms with Crippen molar-refractivity contribution in [2.75, 3.05) is 20.8 Å². The van der Waals surface area contributed by atoms with Gasteiger partial charge in [0.2, 0.25) is 0 Å². The van der Waals surface area contributed by atoms with E-state index in [9.17, 15) is 0 Å². The second-order valence-electron chi connectivity index (χ2n) is 4.63. The van der Waals surface area contributed by atoms with Gasteiger partial charge in [-0.25, -0.2) is 0 Å². The van der Waals surface area contributed by atoms with Gasteiger partial charge in [0.25, 0.3) is 0 Å². The summed E-state index contributed by atoms with van der Waals surface area (Å²) in [5, 5.41) is 3.39. The third-order valence-electron chi connectivity index (χ3n) is 2.63. The van der Waals surface area contributed by atoms with E-state index in [1.54, 1.807) is 14.2 Å². The molecule has 1 N–H and O–H groups in total. The minimum Gasteiger partial charge on any atom is -0.497 e. The summed E-state index contributed by atoms with van der Waals surface area (Å²) in [6, 6.07) is 6.34. The molecule has 0 aliphatic heterocycles. The molecular formula is C15H23NO2. The lowest BCUT2D eigenvalue weighted by Gasteiger charge is -2.10. The molecule has 1 rings (SSSR count). The first-order chi connectivity index (χ1) is 8.56. The highest BCUT2D eigenvalue weighted by Gasteiger charge is 2.03. The van der Waals surface area contributed by atoms with Crippen LogP contribution in [0.4, 0.5) is 0 Å². The quantitative estimate of drug-likeness (QED) is 0.840. The summed E-state index contributed by atoms with van der Waals surface area (Å²) in [6.07, 6.45) is 2.13. The second kappa shape index (κ2) is 7.07. The van der Waals surface area contributed by atoms with Gasteiger partial charge >= 0.3 is 0 Å². The molecule has 0 fully saturated rings. The standard InChI is InChI=1S/C15H23NO2/c1-11(2)16-10-12(3)8-13-6-7-14(17-4)9-15(13)18-5/h6-9,11,16H,10H2,1-5H3. The number of ether oxygens (including phenoxy) is 2. The molecule has 18 heavy (non-hydrogen) atoms. The molecule has 100 valence electrons. The fourth-order valence-electron chi connectivity index (χ4n) is 1.62. The van der Waals surface area contributed by atoms with Crippen molar-refractivity contribution in [2.45, 2.75) is 26.8 Å². The van der Waals surface area contributed by atoms with Gasteiger partial charge in [0.1, 0.15) is 11.5 Å². The topological polar surface area (TPSA) is 30.5 Å². The maximum Gasteiger partial charge on any atom is 0.129 e. The Morgan fingerprint density at radius 2 is 2.00 bits per heavy atom. The summed E-state index contributed by atoms with van der Waals surface area (Å²) in [6.45, 7) is 7.27. The number of hydrogen-bond acceptors (Lipinski definition) is 3. The van der Waals surface area contributed by atoms with E-state index in [1.807, 2.05) is 18.2 Å². The van der Waals surface area contributed by atoms with E-state index in [0.717, 1.165) is 23.6 Å². The number of nitrogens with one attached hydrogen (secondary N) is 1. The van der Waals surface area contributed by atoms with Crippen molar-refractivity contribution >= 4 is 6.08 Å². The zero-order chi connectivity index (χ0) is 13.5. The monoisotopic (exact) mass is 249 g/mol. The number of methoxy groups -OCH3 is 2. The van der Waals surface area contributed by atoms with E-state index < -0.39 is 0 Å². The Balaban J connectivity index is 2.85. The highest BCUT2D eigenvalue weighted by molar-refractivity contribution is 5.61. The van der Waals surface area contributed by atoms with Crippen molar-refractivity contribution in [3.8, 4) is 11.5 Å². The van der Waals surface area contributed by atoms with Gasteiger partial charge in [-0.2, -0.15) is 0 Å². The smallest absolute Gasteiger partial charge is 0.129 e. The van der Waals surface area contributed by atoms with E-state index in [2.05, 4.69) is 32.2 Å². The van der Waals surface area contributed by atoms with Crippen LogP contribution in [0.15, 0.2) is 23.8 Å². The highest BCUT2D eigenvalue weighted by Crippen LogP contribution is 2.26. The lowest BCUT2D eigenvalue weighted by molar-refractivity contribution is 0.393. The SMILES string of the molecule is COc1ccc(C=C(C)CNC(C)C)c(OC)c1. The van der Waals surface area contributed by atoms with Gasteiger partial charge in [0, 0.05) is 24.2 Å². The van der Waals surface area contributed by atoms with Crippen LogP contribution in [0.25, 0.3) is 6.08 Å². The van der Waals surface area contributed by atoms with E-state index in [0.29, 0.717) is 6.04 Å². The Bertz CT molecular complexity index is 411. The summed E-state index contributed by atoms with van der Waals surface area (Å²) in [5.74, 6) is 1.64. The number of hydrogen-bond donors (Lipinski definition) is 1. The van der Waals surface area contributed by atoms with Crippen molar-refractivity contribution in [1.82, 2.24) is 5.32 Å². The third kappa shape index (κ3) is 4.41. The van der Waals surface area contributed by atoms with E-state index >= 15 is 0 Å². The molecule has 0 spiro atoms. The summed E-state index contributed by atoms with van der Waals surface area (Å²) < 4.78 is 10.6. The Labute approximate surface area is 110 Å². The molecule has 3 nitrogen and oxygen atoms in total. The molecular weight excluding hydrogens is 226 g/mol. The molecule has 0 heterocycles. The van der Waals surface area contributed by atoms with E-state index in [1.165, 1.54) is 5.57 Å². The first kappa shape index (κ1) is 14.6. The molecule has 3 heteroatoms. The Morgan fingerprint density at radius 3 is 2.56 bits per heavy atom.